The average Bonchev–Trinajstić information content (AvgIpc) is 2.80. The molecule has 228 valence electrons. The second kappa shape index (κ2) is 16.6. The van der Waals surface area contributed by atoms with E-state index in [0.29, 0.717) is 18.9 Å². The van der Waals surface area contributed by atoms with Crippen LogP contribution in [-0.2, 0) is 14.3 Å². The molecule has 3 atom stereocenters. The lowest BCUT2D eigenvalue weighted by atomic mass is 9.94. The van der Waals surface area contributed by atoms with Crippen molar-refractivity contribution in [3.05, 3.63) is 34.9 Å². The number of aryl methyl sites for hydroxylation is 2. The SMILES string of the molecule is CCCCCNC(=O)C(c1cc(C)cc(C)c1)N(C(=O)C(CC(C)C)NC(=O)OC(C)(C)C)C(C)CCC(C)C. The molecule has 0 aliphatic carbocycles. The van der Waals surface area contributed by atoms with E-state index in [0.717, 1.165) is 48.8 Å². The predicted octanol–water partition coefficient (Wildman–Crippen LogP) is 7.24. The molecule has 0 heterocycles. The third-order valence-electron chi connectivity index (χ3n) is 6.75. The molecule has 0 aromatic heterocycles. The van der Waals surface area contributed by atoms with E-state index in [9.17, 15) is 14.4 Å². The monoisotopic (exact) mass is 559 g/mol. The lowest BCUT2D eigenvalue weighted by Gasteiger charge is -2.39. The molecule has 0 spiro atoms. The van der Waals surface area contributed by atoms with Gasteiger partial charge in [0.1, 0.15) is 17.7 Å². The predicted molar refractivity (Wildman–Crippen MR) is 164 cm³/mol. The quantitative estimate of drug-likeness (QED) is 0.222. The lowest BCUT2D eigenvalue weighted by Crippen LogP contribution is -2.56. The van der Waals surface area contributed by atoms with Crippen molar-refractivity contribution in [3.63, 3.8) is 0 Å². The Labute approximate surface area is 244 Å². The highest BCUT2D eigenvalue weighted by Gasteiger charge is 2.39. The second-order valence-corrected chi connectivity index (χ2v) is 13.2. The molecule has 2 N–H and O–H groups in total. The standard InChI is InChI=1S/C33H57N3O4/c1-12-13-14-17-34-30(37)29(27-20-24(6)19-25(7)21-27)36(26(8)16-15-22(2)3)31(38)28(18-23(4)5)35-32(39)40-33(9,10)11/h19-23,26,28-29H,12-18H2,1-11H3,(H,34,37)(H,35,39). The minimum absolute atomic E-state index is 0.138. The summed E-state index contributed by atoms with van der Waals surface area (Å²) in [5.41, 5.74) is 2.16. The Morgan fingerprint density at radius 1 is 0.900 bits per heavy atom. The van der Waals surface area contributed by atoms with Gasteiger partial charge in [0.2, 0.25) is 11.8 Å². The number of hydrogen-bond acceptors (Lipinski definition) is 4. The van der Waals surface area contributed by atoms with Gasteiger partial charge in [-0.15, -0.1) is 0 Å². The number of alkyl carbamates (subject to hydrolysis) is 1. The van der Waals surface area contributed by atoms with Gasteiger partial charge in [-0.3, -0.25) is 9.59 Å². The molecule has 7 nitrogen and oxygen atoms in total. The Morgan fingerprint density at radius 2 is 1.50 bits per heavy atom. The third kappa shape index (κ3) is 12.7. The molecule has 1 aromatic rings. The lowest BCUT2D eigenvalue weighted by molar-refractivity contribution is -0.145. The number of nitrogens with zero attached hydrogens (tertiary/aromatic N) is 1. The van der Waals surface area contributed by atoms with Gasteiger partial charge in [-0.1, -0.05) is 76.8 Å². The minimum Gasteiger partial charge on any atom is -0.444 e. The highest BCUT2D eigenvalue weighted by molar-refractivity contribution is 5.92. The van der Waals surface area contributed by atoms with Crippen molar-refractivity contribution in [1.82, 2.24) is 15.5 Å². The van der Waals surface area contributed by atoms with Gasteiger partial charge in [0.15, 0.2) is 0 Å². The largest absolute Gasteiger partial charge is 0.444 e. The van der Waals surface area contributed by atoms with Crippen LogP contribution in [0.1, 0.15) is 124 Å². The molecule has 0 radical (unpaired) electrons. The smallest absolute Gasteiger partial charge is 0.408 e. The van der Waals surface area contributed by atoms with Gasteiger partial charge in [0.05, 0.1) is 0 Å². The maximum Gasteiger partial charge on any atom is 0.408 e. The molecule has 0 aliphatic heterocycles. The molecule has 40 heavy (non-hydrogen) atoms. The zero-order valence-corrected chi connectivity index (χ0v) is 27.1. The zero-order chi connectivity index (χ0) is 30.6. The van der Waals surface area contributed by atoms with E-state index in [-0.39, 0.29) is 23.8 Å². The van der Waals surface area contributed by atoms with Crippen molar-refractivity contribution in [2.24, 2.45) is 11.8 Å². The van der Waals surface area contributed by atoms with Gasteiger partial charge in [-0.2, -0.15) is 0 Å². The summed E-state index contributed by atoms with van der Waals surface area (Å²) < 4.78 is 5.52. The van der Waals surface area contributed by atoms with Crippen molar-refractivity contribution in [2.75, 3.05) is 6.54 Å². The molecule has 0 saturated carbocycles. The van der Waals surface area contributed by atoms with Crippen molar-refractivity contribution in [2.45, 2.75) is 138 Å². The summed E-state index contributed by atoms with van der Waals surface area (Å²) in [5.74, 6) is 0.141. The molecule has 3 unspecified atom stereocenters. The second-order valence-electron chi connectivity index (χ2n) is 13.2. The number of amides is 3. The summed E-state index contributed by atoms with van der Waals surface area (Å²) in [6, 6.07) is 4.20. The summed E-state index contributed by atoms with van der Waals surface area (Å²) >= 11 is 0. The number of carbonyl (C=O) groups excluding carboxylic acids is 3. The van der Waals surface area contributed by atoms with Crippen molar-refractivity contribution < 1.29 is 19.1 Å². The fourth-order valence-electron chi connectivity index (χ4n) is 4.92. The highest BCUT2D eigenvalue weighted by Crippen LogP contribution is 2.29. The Balaban J connectivity index is 3.64. The van der Waals surface area contributed by atoms with Gasteiger partial charge in [-0.05, 0) is 84.6 Å². The number of ether oxygens (including phenoxy) is 1. The Kier molecular flexibility index (Phi) is 14.7. The van der Waals surface area contributed by atoms with Crippen LogP contribution < -0.4 is 10.6 Å². The maximum absolute atomic E-state index is 14.5. The van der Waals surface area contributed by atoms with Crippen molar-refractivity contribution in [1.29, 1.82) is 0 Å². The summed E-state index contributed by atoms with van der Waals surface area (Å²) in [6.07, 6.45) is 4.43. The summed E-state index contributed by atoms with van der Waals surface area (Å²) in [7, 11) is 0. The molecule has 3 amide bonds. The van der Waals surface area contributed by atoms with Crippen LogP contribution in [-0.4, -0.2) is 47.0 Å². The molecule has 1 rings (SSSR count). The van der Waals surface area contributed by atoms with E-state index in [1.165, 1.54) is 0 Å². The fourth-order valence-corrected chi connectivity index (χ4v) is 4.92. The van der Waals surface area contributed by atoms with Crippen LogP contribution in [0.2, 0.25) is 0 Å². The zero-order valence-electron chi connectivity index (χ0n) is 27.1. The van der Waals surface area contributed by atoms with E-state index in [1.807, 2.05) is 46.8 Å². The van der Waals surface area contributed by atoms with Gasteiger partial charge in [0, 0.05) is 12.6 Å². The number of nitrogens with one attached hydrogen (secondary N) is 2. The van der Waals surface area contributed by atoms with E-state index in [4.69, 9.17) is 4.74 Å². The molecule has 0 bridgehead atoms. The summed E-state index contributed by atoms with van der Waals surface area (Å²) in [6.45, 7) is 22.5. The average molecular weight is 560 g/mol. The fraction of sp³-hybridized carbons (Fsp3) is 0.727. The Morgan fingerprint density at radius 3 is 2.00 bits per heavy atom. The Hall–Kier alpha value is -2.57. The van der Waals surface area contributed by atoms with E-state index < -0.39 is 23.8 Å². The number of carbonyl (C=O) groups is 3. The molecule has 7 heteroatoms. The third-order valence-corrected chi connectivity index (χ3v) is 6.75. The Bertz CT molecular complexity index is 931. The van der Waals surface area contributed by atoms with Crippen LogP contribution in [0, 0.1) is 25.7 Å². The van der Waals surface area contributed by atoms with Crippen LogP contribution in [0.3, 0.4) is 0 Å². The van der Waals surface area contributed by atoms with Gasteiger partial charge in [0.25, 0.3) is 0 Å². The first-order chi connectivity index (χ1) is 18.5. The first-order valence-corrected chi connectivity index (χ1v) is 15.2. The number of hydrogen-bond donors (Lipinski definition) is 2. The van der Waals surface area contributed by atoms with E-state index in [1.54, 1.807) is 25.7 Å². The molecule has 0 aliphatic rings. The topological polar surface area (TPSA) is 87.7 Å². The van der Waals surface area contributed by atoms with Crippen molar-refractivity contribution in [3.8, 4) is 0 Å². The number of unbranched alkanes of at least 4 members (excludes halogenated alkanes) is 2. The summed E-state index contributed by atoms with van der Waals surface area (Å²) in [4.78, 5) is 43.0. The number of rotatable bonds is 15. The minimum atomic E-state index is -0.822. The molecule has 1 aromatic carbocycles. The molecule has 0 saturated heterocycles. The molecular formula is C33H57N3O4. The van der Waals surface area contributed by atoms with E-state index >= 15 is 0 Å². The first kappa shape index (κ1) is 35.5. The number of benzene rings is 1. The van der Waals surface area contributed by atoms with Crippen molar-refractivity contribution >= 4 is 17.9 Å². The first-order valence-electron chi connectivity index (χ1n) is 15.2. The normalized spacial score (nSPS) is 14.0. The van der Waals surface area contributed by atoms with E-state index in [2.05, 4.69) is 37.5 Å². The molecular weight excluding hydrogens is 502 g/mol. The van der Waals surface area contributed by atoms with Crippen LogP contribution in [0.15, 0.2) is 18.2 Å². The highest BCUT2D eigenvalue weighted by atomic mass is 16.6. The van der Waals surface area contributed by atoms with Gasteiger partial charge >= 0.3 is 6.09 Å². The van der Waals surface area contributed by atoms with Crippen LogP contribution >= 0.6 is 0 Å². The van der Waals surface area contributed by atoms with Crippen LogP contribution in [0.25, 0.3) is 0 Å². The summed E-state index contributed by atoms with van der Waals surface area (Å²) in [5, 5.41) is 5.97. The van der Waals surface area contributed by atoms with Crippen LogP contribution in [0.4, 0.5) is 4.79 Å². The van der Waals surface area contributed by atoms with Gasteiger partial charge in [-0.25, -0.2) is 4.79 Å². The van der Waals surface area contributed by atoms with Gasteiger partial charge < -0.3 is 20.3 Å². The molecule has 0 fully saturated rings. The van der Waals surface area contributed by atoms with Crippen LogP contribution in [0.5, 0.6) is 0 Å². The maximum atomic E-state index is 14.5.